The molecule has 18 heavy (non-hydrogen) atoms. The van der Waals surface area contributed by atoms with Crippen LogP contribution in [0.1, 0.15) is 40.0 Å². The second-order valence-electron chi connectivity index (χ2n) is 6.91. The van der Waals surface area contributed by atoms with Gasteiger partial charge in [0.1, 0.15) is 0 Å². The van der Waals surface area contributed by atoms with Crippen LogP contribution in [0.2, 0.25) is 0 Å². The van der Waals surface area contributed by atoms with Crippen LogP contribution in [0.4, 0.5) is 0 Å². The second kappa shape index (κ2) is 5.10. The molecule has 1 N–H and O–H groups in total. The first-order valence-corrected chi connectivity index (χ1v) is 8.60. The molecule has 5 heteroatoms. The molecule has 0 unspecified atom stereocenters. The van der Waals surface area contributed by atoms with Crippen molar-refractivity contribution in [3.05, 3.63) is 0 Å². The van der Waals surface area contributed by atoms with Gasteiger partial charge in [0.15, 0.2) is 0 Å². The van der Waals surface area contributed by atoms with Crippen LogP contribution < -0.4 is 5.32 Å². The van der Waals surface area contributed by atoms with Gasteiger partial charge in [0.25, 0.3) is 0 Å². The van der Waals surface area contributed by atoms with Crippen molar-refractivity contribution >= 4 is 10.0 Å². The summed E-state index contributed by atoms with van der Waals surface area (Å²) in [4.78, 5) is 0. The highest BCUT2D eigenvalue weighted by molar-refractivity contribution is 7.89. The van der Waals surface area contributed by atoms with E-state index in [1.807, 2.05) is 0 Å². The van der Waals surface area contributed by atoms with Gasteiger partial charge in [-0.3, -0.25) is 0 Å². The Morgan fingerprint density at radius 1 is 1.28 bits per heavy atom. The first-order valence-electron chi connectivity index (χ1n) is 6.99. The van der Waals surface area contributed by atoms with E-state index in [2.05, 4.69) is 26.1 Å². The lowest BCUT2D eigenvalue weighted by Crippen LogP contribution is -2.41. The third-order valence-corrected chi connectivity index (χ3v) is 5.87. The molecule has 0 saturated carbocycles. The van der Waals surface area contributed by atoms with E-state index >= 15 is 0 Å². The summed E-state index contributed by atoms with van der Waals surface area (Å²) in [5, 5.41) is 3.45. The van der Waals surface area contributed by atoms with Crippen molar-refractivity contribution in [2.45, 2.75) is 46.1 Å². The zero-order valence-electron chi connectivity index (χ0n) is 11.8. The molecule has 2 heterocycles. The molecule has 2 rings (SSSR count). The minimum atomic E-state index is -3.06. The van der Waals surface area contributed by atoms with Crippen LogP contribution >= 0.6 is 0 Å². The van der Waals surface area contributed by atoms with Crippen molar-refractivity contribution in [2.75, 3.05) is 25.4 Å². The molecule has 2 saturated heterocycles. The van der Waals surface area contributed by atoms with Crippen LogP contribution in [-0.4, -0.2) is 44.2 Å². The maximum Gasteiger partial charge on any atom is 0.214 e. The topological polar surface area (TPSA) is 49.4 Å². The minimum Gasteiger partial charge on any atom is -0.312 e. The Morgan fingerprint density at radius 2 is 2.00 bits per heavy atom. The molecule has 0 aromatic rings. The number of hydrogen-bond donors (Lipinski definition) is 1. The highest BCUT2D eigenvalue weighted by atomic mass is 32.2. The molecule has 2 aliphatic rings. The number of nitrogens with one attached hydrogen (secondary N) is 1. The summed E-state index contributed by atoms with van der Waals surface area (Å²) >= 11 is 0. The van der Waals surface area contributed by atoms with E-state index in [0.29, 0.717) is 18.5 Å². The molecular weight excluding hydrogens is 248 g/mol. The molecule has 0 spiro atoms. The monoisotopic (exact) mass is 274 g/mol. The minimum absolute atomic E-state index is 0.0812. The van der Waals surface area contributed by atoms with E-state index < -0.39 is 10.0 Å². The van der Waals surface area contributed by atoms with E-state index in [1.165, 1.54) is 12.8 Å². The van der Waals surface area contributed by atoms with Crippen molar-refractivity contribution in [3.63, 3.8) is 0 Å². The second-order valence-corrected chi connectivity index (χ2v) is 9.00. The number of rotatable bonds is 3. The predicted molar refractivity (Wildman–Crippen MR) is 73.9 cm³/mol. The lowest BCUT2D eigenvalue weighted by atomic mass is 9.94. The summed E-state index contributed by atoms with van der Waals surface area (Å²) < 4.78 is 26.4. The van der Waals surface area contributed by atoms with Crippen molar-refractivity contribution in [3.8, 4) is 0 Å². The average molecular weight is 274 g/mol. The highest BCUT2D eigenvalue weighted by Crippen LogP contribution is 2.28. The molecule has 0 radical (unpaired) electrons. The fourth-order valence-electron chi connectivity index (χ4n) is 2.80. The highest BCUT2D eigenvalue weighted by Gasteiger charge is 2.39. The molecule has 2 atom stereocenters. The van der Waals surface area contributed by atoms with Crippen LogP contribution in [-0.2, 0) is 10.0 Å². The Balaban J connectivity index is 1.95. The first-order chi connectivity index (χ1) is 8.28. The summed E-state index contributed by atoms with van der Waals surface area (Å²) in [7, 11) is -3.06. The van der Waals surface area contributed by atoms with E-state index in [1.54, 1.807) is 4.31 Å². The quantitative estimate of drug-likeness (QED) is 0.847. The van der Waals surface area contributed by atoms with Gasteiger partial charge in [-0.05, 0) is 37.1 Å². The zero-order valence-corrected chi connectivity index (χ0v) is 12.6. The Morgan fingerprint density at radius 3 is 2.61 bits per heavy atom. The van der Waals surface area contributed by atoms with Crippen LogP contribution in [0.15, 0.2) is 0 Å². The summed E-state index contributed by atoms with van der Waals surface area (Å²) in [6.07, 6.45) is 3.08. The molecular formula is C13H26N2O2S. The molecule has 106 valence electrons. The zero-order chi connectivity index (χ0) is 13.4. The number of piperidine rings is 1. The largest absolute Gasteiger partial charge is 0.312 e. The standard InChI is InChI=1S/C13H26N2O2S/c1-13(2,3)6-8-18(16,17)15-9-11-5-4-7-14-12(11)10-15/h11-12,14H,4-10H2,1-3H3/t11-,12+/m0/s1. The molecule has 4 nitrogen and oxygen atoms in total. The van der Waals surface area contributed by atoms with Crippen LogP contribution in [0, 0.1) is 11.3 Å². The molecule has 2 fully saturated rings. The van der Waals surface area contributed by atoms with Gasteiger partial charge in [-0.15, -0.1) is 0 Å². The van der Waals surface area contributed by atoms with E-state index in [0.717, 1.165) is 19.5 Å². The Bertz CT molecular complexity index is 372. The first kappa shape index (κ1) is 14.3. The Hall–Kier alpha value is -0.130. The molecule has 0 aromatic heterocycles. The van der Waals surface area contributed by atoms with Gasteiger partial charge in [0.05, 0.1) is 5.75 Å². The lowest BCUT2D eigenvalue weighted by molar-refractivity contribution is 0.339. The van der Waals surface area contributed by atoms with Crippen LogP contribution in [0.3, 0.4) is 0 Å². The molecule has 0 amide bonds. The number of sulfonamides is 1. The normalized spacial score (nSPS) is 30.4. The van der Waals surface area contributed by atoms with Gasteiger partial charge in [-0.2, -0.15) is 0 Å². The molecule has 2 aliphatic heterocycles. The SMILES string of the molecule is CC(C)(C)CCS(=O)(=O)N1C[C@@H]2CCCN[C@@H]2C1. The van der Waals surface area contributed by atoms with Crippen LogP contribution in [0.25, 0.3) is 0 Å². The van der Waals surface area contributed by atoms with Gasteiger partial charge in [0.2, 0.25) is 10.0 Å². The van der Waals surface area contributed by atoms with Crippen molar-refractivity contribution in [1.29, 1.82) is 0 Å². The van der Waals surface area contributed by atoms with Gasteiger partial charge in [0, 0.05) is 19.1 Å². The van der Waals surface area contributed by atoms with Crippen molar-refractivity contribution in [1.82, 2.24) is 9.62 Å². The number of hydrogen-bond acceptors (Lipinski definition) is 3. The average Bonchev–Trinajstić information content (AvgIpc) is 2.70. The third-order valence-electron chi connectivity index (χ3n) is 4.07. The fraction of sp³-hybridized carbons (Fsp3) is 1.00. The molecule has 0 bridgehead atoms. The Labute approximate surface area is 111 Å². The number of fused-ring (bicyclic) bond motifs is 1. The van der Waals surface area contributed by atoms with Gasteiger partial charge in [-0.25, -0.2) is 12.7 Å². The molecule has 0 aromatic carbocycles. The van der Waals surface area contributed by atoms with E-state index in [-0.39, 0.29) is 11.2 Å². The van der Waals surface area contributed by atoms with Crippen molar-refractivity contribution in [2.24, 2.45) is 11.3 Å². The summed E-state index contributed by atoms with van der Waals surface area (Å²) in [5.74, 6) is 0.818. The van der Waals surface area contributed by atoms with Crippen molar-refractivity contribution < 1.29 is 8.42 Å². The van der Waals surface area contributed by atoms with E-state index in [9.17, 15) is 8.42 Å². The Kier molecular flexibility index (Phi) is 4.04. The van der Waals surface area contributed by atoms with Gasteiger partial charge < -0.3 is 5.32 Å². The van der Waals surface area contributed by atoms with Crippen LogP contribution in [0.5, 0.6) is 0 Å². The summed E-state index contributed by atoms with van der Waals surface area (Å²) in [6, 6.07) is 0.392. The van der Waals surface area contributed by atoms with E-state index in [4.69, 9.17) is 0 Å². The molecule has 0 aliphatic carbocycles. The van der Waals surface area contributed by atoms with Gasteiger partial charge in [-0.1, -0.05) is 20.8 Å². The maximum atomic E-state index is 12.3. The summed E-state index contributed by atoms with van der Waals surface area (Å²) in [5.41, 5.74) is 0.0812. The lowest BCUT2D eigenvalue weighted by Gasteiger charge is -2.24. The number of nitrogens with zero attached hydrogens (tertiary/aromatic N) is 1. The van der Waals surface area contributed by atoms with Gasteiger partial charge >= 0.3 is 0 Å². The summed E-state index contributed by atoms with van der Waals surface area (Å²) in [6.45, 7) is 8.72. The predicted octanol–water partition coefficient (Wildman–Crippen LogP) is 1.44. The maximum absolute atomic E-state index is 12.3. The smallest absolute Gasteiger partial charge is 0.214 e. The fourth-order valence-corrected chi connectivity index (χ4v) is 4.73. The third kappa shape index (κ3) is 3.45.